The quantitative estimate of drug-likeness (QED) is 0.256. The molecule has 2 nitrogen and oxygen atoms in total. The van der Waals surface area contributed by atoms with Gasteiger partial charge in [-0.15, -0.1) is 0 Å². The Morgan fingerprint density at radius 1 is 0.783 bits per heavy atom. The maximum Gasteiger partial charge on any atom is 0.163 e. The van der Waals surface area contributed by atoms with E-state index in [1.54, 1.807) is 0 Å². The van der Waals surface area contributed by atoms with Crippen molar-refractivity contribution in [2.75, 3.05) is 0 Å². The molecule has 0 saturated heterocycles. The first-order chi connectivity index (χ1) is 9.86. The molecule has 0 rings (SSSR count). The molecule has 0 amide bonds. The van der Waals surface area contributed by atoms with Gasteiger partial charge in [-0.05, 0) is 38.0 Å². The molecule has 0 aliphatic carbocycles. The summed E-state index contributed by atoms with van der Waals surface area (Å²) in [5.41, 5.74) is 0.0273. The van der Waals surface area contributed by atoms with Crippen LogP contribution in [0, 0.1) is 16.2 Å². The molecule has 0 bridgehead atoms. The average Bonchev–Trinajstić information content (AvgIpc) is 2.21. The zero-order chi connectivity index (χ0) is 18.9. The fraction of sp³-hybridized carbons (Fsp3) is 1.00. The molecule has 23 heavy (non-hydrogen) atoms. The predicted molar refractivity (Wildman–Crippen MR) is 110 cm³/mol. The maximum atomic E-state index is 6.62. The lowest BCUT2D eigenvalue weighted by Gasteiger charge is -2.44. The minimum Gasteiger partial charge on any atom is -0.348 e. The highest BCUT2D eigenvalue weighted by molar-refractivity contribution is 14.1. The minimum atomic E-state index is -0.216. The van der Waals surface area contributed by atoms with E-state index in [-0.39, 0.29) is 34.2 Å². The fourth-order valence-electron chi connectivity index (χ4n) is 2.08. The summed E-state index contributed by atoms with van der Waals surface area (Å²) in [5.74, 6) is 0. The Morgan fingerprint density at radius 3 is 1.48 bits per heavy atom. The van der Waals surface area contributed by atoms with Crippen LogP contribution in [0.25, 0.3) is 0 Å². The lowest BCUT2D eigenvalue weighted by molar-refractivity contribution is -0.271. The normalized spacial score (nSPS) is 18.7. The van der Waals surface area contributed by atoms with Crippen LogP contribution in [0.1, 0.15) is 89.5 Å². The summed E-state index contributed by atoms with van der Waals surface area (Å²) in [4.78, 5) is 0. The highest BCUT2D eigenvalue weighted by atomic mass is 127. The van der Waals surface area contributed by atoms with Crippen LogP contribution in [0.5, 0.6) is 0 Å². The summed E-state index contributed by atoms with van der Waals surface area (Å²) in [5, 5.41) is 0. The summed E-state index contributed by atoms with van der Waals surface area (Å²) < 4.78 is 13.5. The van der Waals surface area contributed by atoms with E-state index in [1.807, 2.05) is 0 Å². The monoisotopic (exact) mass is 440 g/mol. The molecule has 0 N–H and O–H groups in total. The van der Waals surface area contributed by atoms with Gasteiger partial charge in [-0.25, -0.2) is 0 Å². The van der Waals surface area contributed by atoms with Gasteiger partial charge in [0.05, 0.1) is 11.7 Å². The third-order valence-corrected chi connectivity index (χ3v) is 5.90. The summed E-state index contributed by atoms with van der Waals surface area (Å²) >= 11 is 2.53. The van der Waals surface area contributed by atoms with Gasteiger partial charge in [0, 0.05) is 9.34 Å². The van der Waals surface area contributed by atoms with Crippen molar-refractivity contribution in [1.29, 1.82) is 0 Å². The van der Waals surface area contributed by atoms with Crippen molar-refractivity contribution in [2.45, 2.75) is 111 Å². The van der Waals surface area contributed by atoms with E-state index in [2.05, 4.69) is 106 Å². The van der Waals surface area contributed by atoms with Crippen LogP contribution in [-0.4, -0.2) is 21.9 Å². The van der Waals surface area contributed by atoms with Crippen molar-refractivity contribution >= 4 is 22.6 Å². The number of hydrogen-bond acceptors (Lipinski definition) is 2. The largest absolute Gasteiger partial charge is 0.348 e. The van der Waals surface area contributed by atoms with Crippen molar-refractivity contribution in [2.24, 2.45) is 16.2 Å². The van der Waals surface area contributed by atoms with Crippen molar-refractivity contribution in [3.05, 3.63) is 0 Å². The van der Waals surface area contributed by atoms with E-state index < -0.39 is 0 Å². The van der Waals surface area contributed by atoms with E-state index in [1.165, 1.54) is 0 Å². The molecule has 2 unspecified atom stereocenters. The first kappa shape index (κ1) is 23.6. The molecule has 0 aromatic heterocycles. The first-order valence-electron chi connectivity index (χ1n) is 8.83. The van der Waals surface area contributed by atoms with Crippen LogP contribution in [0.15, 0.2) is 0 Å². The van der Waals surface area contributed by atoms with Crippen molar-refractivity contribution in [1.82, 2.24) is 0 Å². The number of rotatable bonds is 6. The van der Waals surface area contributed by atoms with E-state index in [0.717, 1.165) is 6.42 Å². The molecule has 0 radical (unpaired) electrons. The molecule has 0 fully saturated rings. The molecule has 3 heteroatoms. The smallest absolute Gasteiger partial charge is 0.163 e. The Labute approximate surface area is 159 Å². The van der Waals surface area contributed by atoms with Crippen LogP contribution in [-0.2, 0) is 9.47 Å². The SMILES string of the molecule is C[C@@H](I)C(C)(C)CC(OC(OC(C)(C)C)C(C)(C)C)C(C)(C)C. The zero-order valence-electron chi connectivity index (χ0n) is 17.6. The minimum absolute atomic E-state index is 0.0587. The third kappa shape index (κ3) is 9.06. The summed E-state index contributed by atoms with van der Waals surface area (Å²) in [6, 6.07) is 0. The second-order valence-electron chi connectivity index (χ2n) is 10.7. The van der Waals surface area contributed by atoms with E-state index in [0.29, 0.717) is 3.92 Å². The highest BCUT2D eigenvalue weighted by Gasteiger charge is 2.39. The lowest BCUT2D eigenvalue weighted by Crippen LogP contribution is -2.45. The molecule has 0 saturated carbocycles. The van der Waals surface area contributed by atoms with E-state index in [4.69, 9.17) is 9.47 Å². The summed E-state index contributed by atoms with van der Waals surface area (Å²) in [6.07, 6.45) is 0.967. The van der Waals surface area contributed by atoms with Gasteiger partial charge >= 0.3 is 0 Å². The molecular formula is C20H41IO2. The second kappa shape index (κ2) is 7.90. The zero-order valence-corrected chi connectivity index (χ0v) is 19.8. The average molecular weight is 440 g/mol. The highest BCUT2D eigenvalue weighted by Crippen LogP contribution is 2.40. The molecule has 0 aliphatic rings. The molecule has 140 valence electrons. The Morgan fingerprint density at radius 2 is 1.22 bits per heavy atom. The fourth-order valence-corrected chi connectivity index (χ4v) is 2.33. The summed E-state index contributed by atoms with van der Waals surface area (Å²) in [7, 11) is 0. The van der Waals surface area contributed by atoms with Crippen LogP contribution in [0.4, 0.5) is 0 Å². The van der Waals surface area contributed by atoms with Gasteiger partial charge in [0.15, 0.2) is 6.29 Å². The number of halogens is 1. The number of hydrogen-bond donors (Lipinski definition) is 0. The molecule has 3 atom stereocenters. The van der Waals surface area contributed by atoms with Crippen molar-refractivity contribution in [3.63, 3.8) is 0 Å². The van der Waals surface area contributed by atoms with Crippen LogP contribution in [0.2, 0.25) is 0 Å². The van der Waals surface area contributed by atoms with Crippen LogP contribution < -0.4 is 0 Å². The third-order valence-electron chi connectivity index (χ3n) is 4.21. The first-order valence-corrected chi connectivity index (χ1v) is 10.1. The molecule has 0 aliphatic heterocycles. The van der Waals surface area contributed by atoms with Gasteiger partial charge in [0.1, 0.15) is 0 Å². The van der Waals surface area contributed by atoms with Crippen LogP contribution >= 0.6 is 22.6 Å². The van der Waals surface area contributed by atoms with Gasteiger partial charge in [-0.3, -0.25) is 0 Å². The van der Waals surface area contributed by atoms with E-state index >= 15 is 0 Å². The Hall–Kier alpha value is 0.650. The van der Waals surface area contributed by atoms with Gasteiger partial charge in [0.25, 0.3) is 0 Å². The Balaban J connectivity index is 5.41. The van der Waals surface area contributed by atoms with Crippen molar-refractivity contribution in [3.8, 4) is 0 Å². The van der Waals surface area contributed by atoms with Gasteiger partial charge in [-0.1, -0.05) is 84.9 Å². The molecular weight excluding hydrogens is 399 g/mol. The van der Waals surface area contributed by atoms with Gasteiger partial charge in [-0.2, -0.15) is 0 Å². The van der Waals surface area contributed by atoms with Gasteiger partial charge < -0.3 is 9.47 Å². The van der Waals surface area contributed by atoms with Gasteiger partial charge in [0.2, 0.25) is 0 Å². The Bertz CT molecular complexity index is 353. The molecule has 0 aromatic rings. The predicted octanol–water partition coefficient (Wildman–Crippen LogP) is 6.84. The van der Waals surface area contributed by atoms with Crippen molar-refractivity contribution < 1.29 is 9.47 Å². The second-order valence-corrected chi connectivity index (χ2v) is 12.6. The molecule has 0 heterocycles. The molecule has 0 aromatic carbocycles. The topological polar surface area (TPSA) is 18.5 Å². The maximum absolute atomic E-state index is 6.62. The molecule has 0 spiro atoms. The van der Waals surface area contributed by atoms with Crippen LogP contribution in [0.3, 0.4) is 0 Å². The Kier molecular flexibility index (Phi) is 8.13. The lowest BCUT2D eigenvalue weighted by atomic mass is 9.76. The number of alkyl halides is 1. The standard InChI is InChI=1S/C20H41IO2/c1-14(21)20(11,12)13-15(17(2,3)4)22-16(18(5,6)7)23-19(8,9)10/h14-16H,13H2,1-12H3/t14-,15?,16?/m1/s1. The van der Waals surface area contributed by atoms with E-state index in [9.17, 15) is 0 Å². The number of ether oxygens (including phenoxy) is 2. The summed E-state index contributed by atoms with van der Waals surface area (Å²) in [6.45, 7) is 26.6.